The van der Waals surface area contributed by atoms with Gasteiger partial charge in [0.25, 0.3) is 0 Å². The van der Waals surface area contributed by atoms with Crippen molar-refractivity contribution in [2.24, 2.45) is 0 Å². The van der Waals surface area contributed by atoms with Gasteiger partial charge in [-0.2, -0.15) is 0 Å². The molecular formula is C17H16N2O3. The van der Waals surface area contributed by atoms with E-state index >= 15 is 0 Å². The van der Waals surface area contributed by atoms with Crippen molar-refractivity contribution in [3.05, 3.63) is 48.5 Å². The van der Waals surface area contributed by atoms with Crippen molar-refractivity contribution in [3.63, 3.8) is 0 Å². The molecule has 1 aromatic carbocycles. The van der Waals surface area contributed by atoms with Gasteiger partial charge in [0.2, 0.25) is 0 Å². The van der Waals surface area contributed by atoms with Crippen LogP contribution in [0.5, 0.6) is 11.5 Å². The first-order chi connectivity index (χ1) is 10.7. The second-order valence-corrected chi connectivity index (χ2v) is 4.85. The molecule has 2 aromatic heterocycles. The van der Waals surface area contributed by atoms with Crippen LogP contribution in [0.3, 0.4) is 0 Å². The SMILES string of the molecule is COc1cc(-c2nocc2-c2cccnc2)cc(C)c1OC. The summed E-state index contributed by atoms with van der Waals surface area (Å²) < 4.78 is 16.0. The lowest BCUT2D eigenvalue weighted by Crippen LogP contribution is -1.94. The molecule has 0 unspecified atom stereocenters. The van der Waals surface area contributed by atoms with E-state index in [9.17, 15) is 0 Å². The molecule has 0 aliphatic carbocycles. The summed E-state index contributed by atoms with van der Waals surface area (Å²) in [7, 11) is 3.24. The van der Waals surface area contributed by atoms with E-state index in [1.54, 1.807) is 32.9 Å². The van der Waals surface area contributed by atoms with Crippen LogP contribution in [0, 0.1) is 6.92 Å². The highest BCUT2D eigenvalue weighted by atomic mass is 16.5. The molecule has 3 rings (SSSR count). The van der Waals surface area contributed by atoms with Crippen LogP contribution in [-0.4, -0.2) is 24.4 Å². The lowest BCUT2D eigenvalue weighted by atomic mass is 10.0. The normalized spacial score (nSPS) is 10.5. The van der Waals surface area contributed by atoms with E-state index in [1.165, 1.54) is 0 Å². The fourth-order valence-electron chi connectivity index (χ4n) is 2.46. The predicted molar refractivity (Wildman–Crippen MR) is 83.0 cm³/mol. The van der Waals surface area contributed by atoms with Gasteiger partial charge in [0.15, 0.2) is 11.5 Å². The van der Waals surface area contributed by atoms with Crippen LogP contribution in [0.4, 0.5) is 0 Å². The Morgan fingerprint density at radius 3 is 2.64 bits per heavy atom. The van der Waals surface area contributed by atoms with Gasteiger partial charge in [0.05, 0.1) is 19.8 Å². The van der Waals surface area contributed by atoms with Crippen LogP contribution >= 0.6 is 0 Å². The maximum absolute atomic E-state index is 5.41. The third kappa shape index (κ3) is 2.41. The summed E-state index contributed by atoms with van der Waals surface area (Å²) in [6, 6.07) is 7.74. The summed E-state index contributed by atoms with van der Waals surface area (Å²) in [6.07, 6.45) is 5.14. The fraction of sp³-hybridized carbons (Fsp3) is 0.176. The molecule has 0 amide bonds. The van der Waals surface area contributed by atoms with Gasteiger partial charge in [0.1, 0.15) is 12.0 Å². The lowest BCUT2D eigenvalue weighted by molar-refractivity contribution is 0.353. The second-order valence-electron chi connectivity index (χ2n) is 4.85. The van der Waals surface area contributed by atoms with Gasteiger partial charge in [-0.15, -0.1) is 0 Å². The molecule has 22 heavy (non-hydrogen) atoms. The number of nitrogens with zero attached hydrogens (tertiary/aromatic N) is 2. The molecule has 0 fully saturated rings. The molecule has 0 radical (unpaired) electrons. The minimum atomic E-state index is 0.664. The van der Waals surface area contributed by atoms with E-state index in [-0.39, 0.29) is 0 Å². The number of aromatic nitrogens is 2. The van der Waals surface area contributed by atoms with Crippen molar-refractivity contribution in [3.8, 4) is 33.9 Å². The number of methoxy groups -OCH3 is 2. The highest BCUT2D eigenvalue weighted by molar-refractivity contribution is 5.81. The first-order valence-corrected chi connectivity index (χ1v) is 6.82. The fourth-order valence-corrected chi connectivity index (χ4v) is 2.46. The molecule has 5 heteroatoms. The largest absolute Gasteiger partial charge is 0.493 e. The van der Waals surface area contributed by atoms with Crippen molar-refractivity contribution in [1.82, 2.24) is 10.1 Å². The topological polar surface area (TPSA) is 57.4 Å². The number of aryl methyl sites for hydroxylation is 1. The molecule has 2 heterocycles. The minimum absolute atomic E-state index is 0.664. The Labute approximate surface area is 128 Å². The zero-order valence-corrected chi connectivity index (χ0v) is 12.7. The van der Waals surface area contributed by atoms with Gasteiger partial charge in [-0.05, 0) is 30.7 Å². The summed E-state index contributed by atoms with van der Waals surface area (Å²) in [5.74, 6) is 1.38. The third-order valence-corrected chi connectivity index (χ3v) is 3.48. The first-order valence-electron chi connectivity index (χ1n) is 6.82. The standard InChI is InChI=1S/C17H16N2O3/c1-11-7-13(8-15(20-2)17(11)21-3)16-14(10-22-19-16)12-5-4-6-18-9-12/h4-10H,1-3H3. The predicted octanol–water partition coefficient (Wildman–Crippen LogP) is 3.73. The minimum Gasteiger partial charge on any atom is -0.493 e. The van der Waals surface area contributed by atoms with E-state index in [0.29, 0.717) is 5.75 Å². The third-order valence-electron chi connectivity index (χ3n) is 3.48. The van der Waals surface area contributed by atoms with E-state index in [4.69, 9.17) is 14.0 Å². The summed E-state index contributed by atoms with van der Waals surface area (Å²) in [6.45, 7) is 1.97. The van der Waals surface area contributed by atoms with Gasteiger partial charge < -0.3 is 14.0 Å². The summed E-state index contributed by atoms with van der Waals surface area (Å²) >= 11 is 0. The quantitative estimate of drug-likeness (QED) is 0.734. The molecule has 0 saturated heterocycles. The molecule has 0 saturated carbocycles. The number of ether oxygens (including phenoxy) is 2. The highest BCUT2D eigenvalue weighted by Crippen LogP contribution is 2.38. The van der Waals surface area contributed by atoms with Crippen molar-refractivity contribution in [2.45, 2.75) is 6.92 Å². The number of benzene rings is 1. The molecular weight excluding hydrogens is 280 g/mol. The maximum atomic E-state index is 5.41. The highest BCUT2D eigenvalue weighted by Gasteiger charge is 2.16. The second kappa shape index (κ2) is 5.89. The molecule has 0 atom stereocenters. The molecule has 0 aliphatic heterocycles. The van der Waals surface area contributed by atoms with Crippen molar-refractivity contribution in [2.75, 3.05) is 14.2 Å². The van der Waals surface area contributed by atoms with E-state index in [2.05, 4.69) is 10.1 Å². The lowest BCUT2D eigenvalue weighted by Gasteiger charge is -2.12. The Morgan fingerprint density at radius 2 is 1.95 bits per heavy atom. The molecule has 0 spiro atoms. The zero-order chi connectivity index (χ0) is 15.5. The van der Waals surface area contributed by atoms with E-state index in [1.807, 2.05) is 31.2 Å². The molecule has 3 aromatic rings. The zero-order valence-electron chi connectivity index (χ0n) is 12.7. The maximum Gasteiger partial charge on any atom is 0.163 e. The monoisotopic (exact) mass is 296 g/mol. The molecule has 0 bridgehead atoms. The molecule has 112 valence electrons. The van der Waals surface area contributed by atoms with Crippen molar-refractivity contribution >= 4 is 0 Å². The van der Waals surface area contributed by atoms with Gasteiger partial charge in [-0.25, -0.2) is 0 Å². The Kier molecular flexibility index (Phi) is 3.78. The average Bonchev–Trinajstić information content (AvgIpc) is 3.04. The van der Waals surface area contributed by atoms with Gasteiger partial charge in [-0.1, -0.05) is 11.2 Å². The van der Waals surface area contributed by atoms with E-state index in [0.717, 1.165) is 33.7 Å². The smallest absolute Gasteiger partial charge is 0.163 e. The van der Waals surface area contributed by atoms with Crippen LogP contribution in [0.15, 0.2) is 47.4 Å². The number of hydrogen-bond acceptors (Lipinski definition) is 5. The first kappa shape index (κ1) is 14.1. The Balaban J connectivity index is 2.14. The summed E-state index contributed by atoms with van der Waals surface area (Å²) in [4.78, 5) is 4.14. The number of hydrogen-bond donors (Lipinski definition) is 0. The summed E-state index contributed by atoms with van der Waals surface area (Å²) in [5.41, 5.74) is 4.46. The van der Waals surface area contributed by atoms with Crippen LogP contribution in [-0.2, 0) is 0 Å². The number of rotatable bonds is 4. The van der Waals surface area contributed by atoms with Gasteiger partial charge in [0, 0.05) is 23.5 Å². The van der Waals surface area contributed by atoms with Crippen LogP contribution in [0.1, 0.15) is 5.56 Å². The van der Waals surface area contributed by atoms with Crippen LogP contribution < -0.4 is 9.47 Å². The Bertz CT molecular complexity index is 782. The molecule has 0 N–H and O–H groups in total. The van der Waals surface area contributed by atoms with Gasteiger partial charge >= 0.3 is 0 Å². The van der Waals surface area contributed by atoms with Gasteiger partial charge in [-0.3, -0.25) is 4.98 Å². The summed E-state index contributed by atoms with van der Waals surface area (Å²) in [5, 5.41) is 4.14. The van der Waals surface area contributed by atoms with Crippen molar-refractivity contribution in [1.29, 1.82) is 0 Å². The van der Waals surface area contributed by atoms with Crippen LogP contribution in [0.2, 0.25) is 0 Å². The Morgan fingerprint density at radius 1 is 1.09 bits per heavy atom. The van der Waals surface area contributed by atoms with Crippen LogP contribution in [0.25, 0.3) is 22.4 Å². The molecule has 5 nitrogen and oxygen atoms in total. The number of pyridine rings is 1. The Hall–Kier alpha value is -2.82. The van der Waals surface area contributed by atoms with E-state index < -0.39 is 0 Å². The average molecular weight is 296 g/mol. The van der Waals surface area contributed by atoms with Crippen molar-refractivity contribution < 1.29 is 14.0 Å². The molecule has 0 aliphatic rings.